The third kappa shape index (κ3) is 3.62. The van der Waals surface area contributed by atoms with Crippen molar-refractivity contribution >= 4 is 11.9 Å². The molecule has 1 atom stereocenters. The number of nitrogens with one attached hydrogen (secondary N) is 1. The molecule has 2 N–H and O–H groups in total. The van der Waals surface area contributed by atoms with Gasteiger partial charge in [0.1, 0.15) is 11.3 Å². The molecule has 0 saturated carbocycles. The highest BCUT2D eigenvalue weighted by Crippen LogP contribution is 2.33. The lowest BCUT2D eigenvalue weighted by molar-refractivity contribution is -0.141. The van der Waals surface area contributed by atoms with Gasteiger partial charge in [-0.3, -0.25) is 9.59 Å². The zero-order valence-electron chi connectivity index (χ0n) is 12.4. The minimum atomic E-state index is -0.773. The molecule has 0 spiro atoms. The molecule has 1 aromatic heterocycles. The number of pyridine rings is 1. The van der Waals surface area contributed by atoms with Crippen LogP contribution in [-0.2, 0) is 14.3 Å². The van der Waals surface area contributed by atoms with Gasteiger partial charge in [-0.25, -0.2) is 4.79 Å². The third-order valence-electron chi connectivity index (χ3n) is 3.30. The first kappa shape index (κ1) is 16.7. The molecule has 0 radical (unpaired) electrons. The lowest BCUT2D eigenvalue weighted by Gasteiger charge is -2.20. The van der Waals surface area contributed by atoms with Crippen LogP contribution in [0.3, 0.4) is 0 Å². The summed E-state index contributed by atoms with van der Waals surface area (Å²) >= 11 is 0. The van der Waals surface area contributed by atoms with Crippen molar-refractivity contribution in [3.05, 3.63) is 27.7 Å². The van der Waals surface area contributed by atoms with E-state index in [1.807, 2.05) is 0 Å². The lowest BCUT2D eigenvalue weighted by Crippen LogP contribution is -2.24. The predicted molar refractivity (Wildman–Crippen MR) is 74.3 cm³/mol. The van der Waals surface area contributed by atoms with Crippen molar-refractivity contribution in [2.75, 3.05) is 14.2 Å². The van der Waals surface area contributed by atoms with Crippen molar-refractivity contribution in [2.24, 2.45) is 5.92 Å². The number of rotatable bonds is 5. The molecule has 1 aromatic rings. The number of carbonyl (C=O) groups is 2. The molecular weight excluding hydrogens is 278 g/mol. The molecule has 1 heterocycles. The molecule has 7 nitrogen and oxygen atoms in total. The number of aromatic hydroxyl groups is 1. The maximum Gasteiger partial charge on any atom is 0.343 e. The Morgan fingerprint density at radius 1 is 1.29 bits per heavy atom. The largest absolute Gasteiger partial charge is 0.506 e. The summed E-state index contributed by atoms with van der Waals surface area (Å²) in [5.74, 6) is -2.44. The third-order valence-corrected chi connectivity index (χ3v) is 3.30. The Labute approximate surface area is 121 Å². The SMILES string of the molecule is COC(=O)C[C@@H](c1c(O)c(C(=O)OC)c[nH]c1=O)C(C)C. The Morgan fingerprint density at radius 2 is 1.90 bits per heavy atom. The van der Waals surface area contributed by atoms with Gasteiger partial charge in [-0.2, -0.15) is 0 Å². The summed E-state index contributed by atoms with van der Waals surface area (Å²) in [5.41, 5.74) is -0.719. The smallest absolute Gasteiger partial charge is 0.343 e. The molecule has 0 aromatic carbocycles. The molecule has 1 rings (SSSR count). The number of ether oxygens (including phenoxy) is 2. The maximum absolute atomic E-state index is 12.0. The first-order chi connectivity index (χ1) is 9.83. The van der Waals surface area contributed by atoms with Crippen LogP contribution in [0.4, 0.5) is 0 Å². The zero-order valence-corrected chi connectivity index (χ0v) is 12.4. The maximum atomic E-state index is 12.0. The van der Waals surface area contributed by atoms with Crippen molar-refractivity contribution in [2.45, 2.75) is 26.2 Å². The van der Waals surface area contributed by atoms with E-state index in [9.17, 15) is 19.5 Å². The summed E-state index contributed by atoms with van der Waals surface area (Å²) in [6.45, 7) is 3.61. The van der Waals surface area contributed by atoms with Crippen molar-refractivity contribution in [3.63, 3.8) is 0 Å². The number of aromatic nitrogens is 1. The van der Waals surface area contributed by atoms with Crippen LogP contribution < -0.4 is 5.56 Å². The zero-order chi connectivity index (χ0) is 16.2. The van der Waals surface area contributed by atoms with Gasteiger partial charge in [0.05, 0.1) is 26.2 Å². The van der Waals surface area contributed by atoms with E-state index in [4.69, 9.17) is 0 Å². The number of aromatic amines is 1. The minimum Gasteiger partial charge on any atom is -0.506 e. The first-order valence-electron chi connectivity index (χ1n) is 6.43. The van der Waals surface area contributed by atoms with Crippen molar-refractivity contribution < 1.29 is 24.2 Å². The van der Waals surface area contributed by atoms with Crippen molar-refractivity contribution in [1.29, 1.82) is 0 Å². The van der Waals surface area contributed by atoms with Crippen LogP contribution >= 0.6 is 0 Å². The topological polar surface area (TPSA) is 106 Å². The molecule has 7 heteroatoms. The Bertz CT molecular complexity index is 590. The van der Waals surface area contributed by atoms with E-state index < -0.39 is 29.2 Å². The summed E-state index contributed by atoms with van der Waals surface area (Å²) in [4.78, 5) is 37.4. The number of esters is 2. The van der Waals surface area contributed by atoms with Gasteiger partial charge in [-0.1, -0.05) is 13.8 Å². The van der Waals surface area contributed by atoms with E-state index in [1.165, 1.54) is 14.2 Å². The summed E-state index contributed by atoms with van der Waals surface area (Å²) in [7, 11) is 2.41. The molecule has 0 aliphatic rings. The highest BCUT2D eigenvalue weighted by molar-refractivity contribution is 5.92. The fraction of sp³-hybridized carbons (Fsp3) is 0.500. The van der Waals surface area contributed by atoms with Crippen LogP contribution in [0.25, 0.3) is 0 Å². The van der Waals surface area contributed by atoms with Gasteiger partial charge in [0.15, 0.2) is 0 Å². The molecule has 116 valence electrons. The van der Waals surface area contributed by atoms with Crippen LogP contribution in [0.2, 0.25) is 0 Å². The van der Waals surface area contributed by atoms with Gasteiger partial charge < -0.3 is 19.6 Å². The number of hydrogen-bond acceptors (Lipinski definition) is 6. The second-order valence-corrected chi connectivity index (χ2v) is 4.92. The number of H-pyrrole nitrogens is 1. The molecule has 0 bridgehead atoms. The number of hydrogen-bond donors (Lipinski definition) is 2. The Morgan fingerprint density at radius 3 is 2.38 bits per heavy atom. The standard InChI is InChI=1S/C14H19NO6/c1-7(2)8(5-10(16)20-3)11-12(17)9(14(19)21-4)6-15-13(11)18/h6-8H,5H2,1-4H3,(H2,15,17,18)/t8-/m1/s1. The van der Waals surface area contributed by atoms with Gasteiger partial charge in [0.25, 0.3) is 5.56 Å². The van der Waals surface area contributed by atoms with Crippen LogP contribution in [0.1, 0.15) is 42.1 Å². The Hall–Kier alpha value is -2.31. The van der Waals surface area contributed by atoms with Gasteiger partial charge in [-0.15, -0.1) is 0 Å². The molecule has 21 heavy (non-hydrogen) atoms. The number of carbonyl (C=O) groups excluding carboxylic acids is 2. The Kier molecular flexibility index (Phi) is 5.52. The highest BCUT2D eigenvalue weighted by Gasteiger charge is 2.28. The fourth-order valence-corrected chi connectivity index (χ4v) is 2.08. The Balaban J connectivity index is 3.40. The molecule has 0 unspecified atom stereocenters. The van der Waals surface area contributed by atoms with Gasteiger partial charge in [-0.05, 0) is 5.92 Å². The average molecular weight is 297 g/mol. The molecule has 0 saturated heterocycles. The second kappa shape index (κ2) is 6.92. The summed E-state index contributed by atoms with van der Waals surface area (Å²) in [6.07, 6.45) is 1.01. The van der Waals surface area contributed by atoms with Crippen LogP contribution in [0.5, 0.6) is 5.75 Å². The predicted octanol–water partition coefficient (Wildman–Crippen LogP) is 1.17. The van der Waals surface area contributed by atoms with E-state index in [1.54, 1.807) is 13.8 Å². The average Bonchev–Trinajstić information content (AvgIpc) is 2.45. The van der Waals surface area contributed by atoms with Crippen LogP contribution in [-0.4, -0.2) is 36.2 Å². The monoisotopic (exact) mass is 297 g/mol. The fourth-order valence-electron chi connectivity index (χ4n) is 2.08. The first-order valence-corrected chi connectivity index (χ1v) is 6.43. The van der Waals surface area contributed by atoms with Crippen molar-refractivity contribution in [1.82, 2.24) is 4.98 Å². The molecule has 0 aliphatic carbocycles. The second-order valence-electron chi connectivity index (χ2n) is 4.92. The van der Waals surface area contributed by atoms with Gasteiger partial charge >= 0.3 is 11.9 Å². The quantitative estimate of drug-likeness (QED) is 0.790. The molecule has 0 aliphatic heterocycles. The van der Waals surface area contributed by atoms with Crippen molar-refractivity contribution in [3.8, 4) is 5.75 Å². The van der Waals surface area contributed by atoms with Crippen LogP contribution in [0, 0.1) is 5.92 Å². The van der Waals surface area contributed by atoms with E-state index in [-0.39, 0.29) is 23.5 Å². The summed E-state index contributed by atoms with van der Waals surface area (Å²) in [5, 5.41) is 10.2. The molecule has 0 fully saturated rings. The highest BCUT2D eigenvalue weighted by atomic mass is 16.5. The van der Waals surface area contributed by atoms with Crippen LogP contribution in [0.15, 0.2) is 11.0 Å². The molecular formula is C14H19NO6. The van der Waals surface area contributed by atoms with E-state index in [0.717, 1.165) is 6.20 Å². The number of methoxy groups -OCH3 is 2. The normalized spacial score (nSPS) is 12.0. The summed E-state index contributed by atoms with van der Waals surface area (Å²) in [6, 6.07) is 0. The van der Waals surface area contributed by atoms with Gasteiger partial charge in [0.2, 0.25) is 0 Å². The van der Waals surface area contributed by atoms with E-state index in [2.05, 4.69) is 14.5 Å². The molecule has 0 amide bonds. The lowest BCUT2D eigenvalue weighted by atomic mass is 9.85. The summed E-state index contributed by atoms with van der Waals surface area (Å²) < 4.78 is 9.15. The van der Waals surface area contributed by atoms with E-state index in [0.29, 0.717) is 0 Å². The van der Waals surface area contributed by atoms with E-state index >= 15 is 0 Å². The van der Waals surface area contributed by atoms with Gasteiger partial charge in [0, 0.05) is 12.1 Å². The minimum absolute atomic E-state index is 0.0155.